The number of furan rings is 1. The van der Waals surface area contributed by atoms with Crippen LogP contribution in [0.2, 0.25) is 0 Å². The molecule has 0 bridgehead atoms. The van der Waals surface area contributed by atoms with Crippen molar-refractivity contribution in [1.29, 1.82) is 0 Å². The molecule has 0 spiro atoms. The topological polar surface area (TPSA) is 18.1 Å². The van der Waals surface area contributed by atoms with Crippen LogP contribution in [0, 0.1) is 0 Å². The van der Waals surface area contributed by atoms with E-state index in [0.717, 1.165) is 27.6 Å². The van der Waals surface area contributed by atoms with Gasteiger partial charge in [0.1, 0.15) is 11.2 Å². The number of hydrogen-bond acceptors (Lipinski definition) is 1. The summed E-state index contributed by atoms with van der Waals surface area (Å²) in [5.74, 6) is 0. The number of aromatic nitrogens is 1. The van der Waals surface area contributed by atoms with Crippen molar-refractivity contribution in [1.82, 2.24) is 4.57 Å². The molecule has 2 nitrogen and oxygen atoms in total. The van der Waals surface area contributed by atoms with Crippen molar-refractivity contribution in [2.24, 2.45) is 0 Å². The van der Waals surface area contributed by atoms with E-state index in [9.17, 15) is 0 Å². The molecule has 0 aliphatic carbocycles. The zero-order valence-corrected chi connectivity index (χ0v) is 27.1. The lowest BCUT2D eigenvalue weighted by Gasteiger charge is -2.13. The van der Waals surface area contributed by atoms with Crippen LogP contribution in [0.5, 0.6) is 0 Å². The zero-order chi connectivity index (χ0) is 32.8. The molecule has 2 heterocycles. The Hall–Kier alpha value is -6.64. The largest absolute Gasteiger partial charge is 0.456 e. The second kappa shape index (κ2) is 10.4. The summed E-state index contributed by atoms with van der Waals surface area (Å²) in [6.45, 7) is 0. The van der Waals surface area contributed by atoms with Crippen LogP contribution in [0.3, 0.4) is 0 Å². The van der Waals surface area contributed by atoms with E-state index in [1.165, 1.54) is 76.4 Å². The third kappa shape index (κ3) is 3.96. The molecule has 11 rings (SSSR count). The van der Waals surface area contributed by atoms with E-state index in [0.29, 0.717) is 0 Å². The first kappa shape index (κ1) is 27.3. The quantitative estimate of drug-likeness (QED) is 0.177. The molecule has 0 radical (unpaired) electrons. The molecule has 0 amide bonds. The number of fused-ring (bicyclic) bond motifs is 12. The van der Waals surface area contributed by atoms with E-state index in [1.807, 2.05) is 12.1 Å². The highest BCUT2D eigenvalue weighted by molar-refractivity contribution is 6.25. The third-order valence-electron chi connectivity index (χ3n) is 10.6. The van der Waals surface area contributed by atoms with Gasteiger partial charge >= 0.3 is 0 Å². The van der Waals surface area contributed by atoms with Gasteiger partial charge in [-0.1, -0.05) is 121 Å². The Morgan fingerprint density at radius 3 is 1.54 bits per heavy atom. The van der Waals surface area contributed by atoms with Crippen LogP contribution in [-0.4, -0.2) is 4.57 Å². The molecule has 11 aromatic rings. The van der Waals surface area contributed by atoms with Crippen molar-refractivity contribution in [3.63, 3.8) is 0 Å². The van der Waals surface area contributed by atoms with E-state index >= 15 is 0 Å². The standard InChI is InChI=1S/C48H29NO/c1-2-14-37-35(12-1)36-13-3-4-15-38(36)42-27-31(20-23-39(37)42)30-10-9-11-34(26-30)49-45-18-7-5-16-40(45)43-28-32(21-24-46(43)49)33-22-25-48-44(29-33)41-17-6-8-19-47(41)50-48/h1-29H. The molecule has 0 saturated heterocycles. The smallest absolute Gasteiger partial charge is 0.135 e. The number of rotatable bonds is 3. The van der Waals surface area contributed by atoms with Gasteiger partial charge in [0.05, 0.1) is 11.0 Å². The predicted molar refractivity (Wildman–Crippen MR) is 211 cm³/mol. The molecule has 232 valence electrons. The number of hydrogen-bond donors (Lipinski definition) is 0. The average Bonchev–Trinajstić information content (AvgIpc) is 3.73. The van der Waals surface area contributed by atoms with E-state index in [2.05, 4.69) is 168 Å². The molecule has 0 atom stereocenters. The molecule has 0 fully saturated rings. The van der Waals surface area contributed by atoms with Crippen molar-refractivity contribution in [3.05, 3.63) is 176 Å². The van der Waals surface area contributed by atoms with Gasteiger partial charge in [0.25, 0.3) is 0 Å². The molecule has 0 aliphatic heterocycles. The lowest BCUT2D eigenvalue weighted by atomic mass is 9.92. The first-order valence-corrected chi connectivity index (χ1v) is 17.2. The van der Waals surface area contributed by atoms with E-state index in [1.54, 1.807) is 0 Å². The number of para-hydroxylation sites is 2. The summed E-state index contributed by atoms with van der Waals surface area (Å²) in [4.78, 5) is 0. The van der Waals surface area contributed by atoms with Crippen molar-refractivity contribution < 1.29 is 4.42 Å². The van der Waals surface area contributed by atoms with Gasteiger partial charge in [-0.15, -0.1) is 0 Å². The fourth-order valence-corrected chi connectivity index (χ4v) is 8.25. The molecule has 2 heteroatoms. The van der Waals surface area contributed by atoms with E-state index < -0.39 is 0 Å². The molecule has 50 heavy (non-hydrogen) atoms. The van der Waals surface area contributed by atoms with Crippen LogP contribution in [-0.2, 0) is 0 Å². The molecule has 0 aliphatic rings. The Labute approximate surface area is 288 Å². The van der Waals surface area contributed by atoms with Gasteiger partial charge in [-0.2, -0.15) is 0 Å². The van der Waals surface area contributed by atoms with Crippen LogP contribution in [0.25, 0.3) is 104 Å². The molecule has 9 aromatic carbocycles. The molecule has 2 aromatic heterocycles. The first-order valence-electron chi connectivity index (χ1n) is 17.2. The van der Waals surface area contributed by atoms with Crippen LogP contribution >= 0.6 is 0 Å². The van der Waals surface area contributed by atoms with Gasteiger partial charge in [0.15, 0.2) is 0 Å². The summed E-state index contributed by atoms with van der Waals surface area (Å²) >= 11 is 0. The van der Waals surface area contributed by atoms with Gasteiger partial charge in [-0.05, 0) is 109 Å². The second-order valence-corrected chi connectivity index (χ2v) is 13.3. The fraction of sp³-hybridized carbons (Fsp3) is 0. The summed E-state index contributed by atoms with van der Waals surface area (Å²) in [5, 5.41) is 12.5. The van der Waals surface area contributed by atoms with Crippen LogP contribution < -0.4 is 0 Å². The highest BCUT2D eigenvalue weighted by atomic mass is 16.3. The minimum atomic E-state index is 0.917. The normalized spacial score (nSPS) is 12.0. The Balaban J connectivity index is 1.07. The maximum Gasteiger partial charge on any atom is 0.135 e. The Morgan fingerprint density at radius 1 is 0.280 bits per heavy atom. The summed E-state index contributed by atoms with van der Waals surface area (Å²) in [6, 6.07) is 63.9. The molecule has 0 N–H and O–H groups in total. The highest BCUT2D eigenvalue weighted by Crippen LogP contribution is 2.40. The lowest BCUT2D eigenvalue weighted by molar-refractivity contribution is 0.669. The monoisotopic (exact) mass is 635 g/mol. The molecule has 0 saturated carbocycles. The van der Waals surface area contributed by atoms with Crippen molar-refractivity contribution in [2.45, 2.75) is 0 Å². The van der Waals surface area contributed by atoms with E-state index in [4.69, 9.17) is 4.42 Å². The zero-order valence-electron chi connectivity index (χ0n) is 27.1. The summed E-state index contributed by atoms with van der Waals surface area (Å²) in [7, 11) is 0. The van der Waals surface area contributed by atoms with Gasteiger partial charge in [0, 0.05) is 27.2 Å². The van der Waals surface area contributed by atoms with Crippen molar-refractivity contribution >= 4 is 76.1 Å². The highest BCUT2D eigenvalue weighted by Gasteiger charge is 2.16. The summed E-state index contributed by atoms with van der Waals surface area (Å²) in [6.07, 6.45) is 0. The maximum absolute atomic E-state index is 6.12. The average molecular weight is 636 g/mol. The summed E-state index contributed by atoms with van der Waals surface area (Å²) < 4.78 is 8.53. The Morgan fingerprint density at radius 2 is 0.780 bits per heavy atom. The van der Waals surface area contributed by atoms with Crippen LogP contribution in [0.1, 0.15) is 0 Å². The second-order valence-electron chi connectivity index (χ2n) is 13.3. The predicted octanol–water partition coefficient (Wildman–Crippen LogP) is 13.5. The molecular weight excluding hydrogens is 607 g/mol. The van der Waals surface area contributed by atoms with Crippen molar-refractivity contribution in [3.8, 4) is 27.9 Å². The number of benzene rings is 9. The lowest BCUT2D eigenvalue weighted by Crippen LogP contribution is -1.94. The molecule has 0 unspecified atom stereocenters. The SMILES string of the molecule is c1cc(-c2ccc3c4ccccc4c4ccccc4c3c2)cc(-n2c3ccccc3c3cc(-c4ccc5oc6ccccc6c5c4)ccc32)c1. The number of nitrogens with zero attached hydrogens (tertiary/aromatic N) is 1. The van der Waals surface area contributed by atoms with Crippen LogP contribution in [0.4, 0.5) is 0 Å². The Bertz CT molecular complexity index is 3120. The van der Waals surface area contributed by atoms with Gasteiger partial charge < -0.3 is 8.98 Å². The Kier molecular flexibility index (Phi) is 5.70. The third-order valence-corrected chi connectivity index (χ3v) is 10.6. The molecular formula is C48H29NO. The van der Waals surface area contributed by atoms with Crippen molar-refractivity contribution in [2.75, 3.05) is 0 Å². The van der Waals surface area contributed by atoms with Gasteiger partial charge in [0.2, 0.25) is 0 Å². The van der Waals surface area contributed by atoms with Gasteiger partial charge in [-0.25, -0.2) is 0 Å². The van der Waals surface area contributed by atoms with E-state index in [-0.39, 0.29) is 0 Å². The van der Waals surface area contributed by atoms with Crippen LogP contribution in [0.15, 0.2) is 180 Å². The minimum Gasteiger partial charge on any atom is -0.456 e. The summed E-state index contributed by atoms with van der Waals surface area (Å²) in [5.41, 5.74) is 10.2. The maximum atomic E-state index is 6.12. The fourth-order valence-electron chi connectivity index (χ4n) is 8.25. The minimum absolute atomic E-state index is 0.917. The first-order chi connectivity index (χ1) is 24.8. The van der Waals surface area contributed by atoms with Gasteiger partial charge in [-0.3, -0.25) is 0 Å².